The molecule has 2 heteroatoms. The maximum absolute atomic E-state index is 5.14. The fraction of sp³-hybridized carbons (Fsp3) is 0.0732. The molecule has 1 heterocycles. The van der Waals surface area contributed by atoms with Gasteiger partial charge in [0.15, 0.2) is 5.82 Å². The van der Waals surface area contributed by atoms with Crippen LogP contribution < -0.4 is 0 Å². The molecular weight excluding hydrogens is 520 g/mol. The van der Waals surface area contributed by atoms with Gasteiger partial charge in [-0.15, -0.1) is 0 Å². The molecule has 7 aromatic carbocycles. The van der Waals surface area contributed by atoms with Crippen molar-refractivity contribution in [1.82, 2.24) is 9.97 Å². The molecule has 8 aromatic rings. The van der Waals surface area contributed by atoms with Crippen LogP contribution in [0.25, 0.3) is 77.0 Å². The summed E-state index contributed by atoms with van der Waals surface area (Å²) in [5, 5.41) is 8.80. The van der Waals surface area contributed by atoms with E-state index in [1.54, 1.807) is 0 Å². The van der Waals surface area contributed by atoms with Crippen LogP contribution in [0.1, 0.15) is 25.0 Å². The van der Waals surface area contributed by atoms with Crippen molar-refractivity contribution in [2.24, 2.45) is 0 Å². The van der Waals surface area contributed by atoms with Crippen LogP contribution in [0.15, 0.2) is 133 Å². The molecule has 0 saturated carbocycles. The highest BCUT2D eigenvalue weighted by molar-refractivity contribution is 6.26. The molecule has 0 N–H and O–H groups in total. The predicted molar refractivity (Wildman–Crippen MR) is 180 cm³/mol. The molecule has 2 nitrogen and oxygen atoms in total. The van der Waals surface area contributed by atoms with E-state index in [-0.39, 0.29) is 5.41 Å². The van der Waals surface area contributed by atoms with Gasteiger partial charge in [-0.05, 0) is 66.7 Å². The molecule has 0 fully saturated rings. The quantitative estimate of drug-likeness (QED) is 0.201. The number of para-hydroxylation sites is 1. The third-order valence-electron chi connectivity index (χ3n) is 9.41. The van der Waals surface area contributed by atoms with Crippen molar-refractivity contribution in [3.05, 3.63) is 145 Å². The van der Waals surface area contributed by atoms with E-state index >= 15 is 0 Å². The fourth-order valence-corrected chi connectivity index (χ4v) is 7.49. The van der Waals surface area contributed by atoms with Gasteiger partial charge in [-0.1, -0.05) is 135 Å². The van der Waals surface area contributed by atoms with Gasteiger partial charge in [0.1, 0.15) is 0 Å². The Balaban J connectivity index is 1.32. The van der Waals surface area contributed by atoms with Crippen LogP contribution in [-0.4, -0.2) is 9.97 Å². The first-order chi connectivity index (χ1) is 21.1. The molecule has 202 valence electrons. The van der Waals surface area contributed by atoms with E-state index in [4.69, 9.17) is 9.97 Å². The molecule has 0 radical (unpaired) electrons. The summed E-state index contributed by atoms with van der Waals surface area (Å²) in [4.78, 5) is 10.2. The average Bonchev–Trinajstić information content (AvgIpc) is 3.31. The minimum Gasteiger partial charge on any atom is -0.228 e. The number of hydrogen-bond donors (Lipinski definition) is 0. The minimum atomic E-state index is -0.0887. The van der Waals surface area contributed by atoms with Gasteiger partial charge in [-0.3, -0.25) is 0 Å². The third-order valence-corrected chi connectivity index (χ3v) is 9.41. The standard InChI is InChI=1S/C41H28N2/c1-41(2)34-18-10-8-16-31(34)37-30-15-7-6-14-29(30)36-28-22-21-27(24-26(28)20-23-33(36)38(37)41)40-42-35-19-11-9-17-32(35)39(43-40)25-12-4-3-5-13-25/h3-24H,1-2H3. The van der Waals surface area contributed by atoms with E-state index in [0.717, 1.165) is 33.5 Å². The van der Waals surface area contributed by atoms with Crippen molar-refractivity contribution in [1.29, 1.82) is 0 Å². The summed E-state index contributed by atoms with van der Waals surface area (Å²) in [6.07, 6.45) is 0. The van der Waals surface area contributed by atoms with E-state index < -0.39 is 0 Å². The fourth-order valence-electron chi connectivity index (χ4n) is 7.49. The monoisotopic (exact) mass is 548 g/mol. The normalized spacial score (nSPS) is 13.5. The van der Waals surface area contributed by atoms with Gasteiger partial charge in [-0.2, -0.15) is 0 Å². The van der Waals surface area contributed by atoms with Gasteiger partial charge in [0, 0.05) is 21.9 Å². The summed E-state index contributed by atoms with van der Waals surface area (Å²) in [5.74, 6) is 0.745. The average molecular weight is 549 g/mol. The molecule has 0 bridgehead atoms. The molecular formula is C41H28N2. The first kappa shape index (κ1) is 24.3. The lowest BCUT2D eigenvalue weighted by atomic mass is 9.78. The van der Waals surface area contributed by atoms with Gasteiger partial charge >= 0.3 is 0 Å². The van der Waals surface area contributed by atoms with Gasteiger partial charge < -0.3 is 0 Å². The summed E-state index contributed by atoms with van der Waals surface area (Å²) in [7, 11) is 0. The summed E-state index contributed by atoms with van der Waals surface area (Å²) in [6, 6.07) is 47.9. The van der Waals surface area contributed by atoms with Gasteiger partial charge in [0.05, 0.1) is 11.2 Å². The largest absolute Gasteiger partial charge is 0.228 e. The third kappa shape index (κ3) is 3.41. The molecule has 9 rings (SSSR count). The van der Waals surface area contributed by atoms with Crippen molar-refractivity contribution < 1.29 is 0 Å². The maximum Gasteiger partial charge on any atom is 0.160 e. The van der Waals surface area contributed by atoms with Crippen molar-refractivity contribution in [2.75, 3.05) is 0 Å². The number of benzene rings is 7. The molecule has 0 spiro atoms. The molecule has 0 aliphatic heterocycles. The van der Waals surface area contributed by atoms with Gasteiger partial charge in [-0.25, -0.2) is 9.97 Å². The van der Waals surface area contributed by atoms with E-state index in [1.807, 2.05) is 12.1 Å². The predicted octanol–water partition coefficient (Wildman–Crippen LogP) is 10.7. The van der Waals surface area contributed by atoms with Crippen LogP contribution in [0.2, 0.25) is 0 Å². The molecule has 1 aliphatic carbocycles. The number of fused-ring (bicyclic) bond motifs is 11. The zero-order valence-corrected chi connectivity index (χ0v) is 24.1. The Bertz CT molecular complexity index is 2420. The van der Waals surface area contributed by atoms with Crippen LogP contribution in [0.5, 0.6) is 0 Å². The second-order valence-corrected chi connectivity index (χ2v) is 12.2. The summed E-state index contributed by atoms with van der Waals surface area (Å²) < 4.78 is 0. The number of nitrogens with zero attached hydrogens (tertiary/aromatic N) is 2. The van der Waals surface area contributed by atoms with E-state index in [1.165, 1.54) is 54.6 Å². The van der Waals surface area contributed by atoms with Crippen LogP contribution in [0.3, 0.4) is 0 Å². The molecule has 0 saturated heterocycles. The topological polar surface area (TPSA) is 25.8 Å². The minimum absolute atomic E-state index is 0.0887. The van der Waals surface area contributed by atoms with E-state index in [9.17, 15) is 0 Å². The Morgan fingerprint density at radius 3 is 2.07 bits per heavy atom. The van der Waals surface area contributed by atoms with Crippen LogP contribution in [-0.2, 0) is 5.41 Å². The Morgan fingerprint density at radius 1 is 0.512 bits per heavy atom. The van der Waals surface area contributed by atoms with Crippen LogP contribution in [0.4, 0.5) is 0 Å². The molecule has 0 atom stereocenters. The first-order valence-corrected chi connectivity index (χ1v) is 14.9. The Kier molecular flexibility index (Phi) is 4.99. The Morgan fingerprint density at radius 2 is 1.21 bits per heavy atom. The zero-order chi connectivity index (χ0) is 28.7. The first-order valence-electron chi connectivity index (χ1n) is 14.9. The molecule has 0 unspecified atom stereocenters. The van der Waals surface area contributed by atoms with Gasteiger partial charge in [0.2, 0.25) is 0 Å². The lowest BCUT2D eigenvalue weighted by Gasteiger charge is -2.24. The summed E-state index contributed by atoms with van der Waals surface area (Å²) >= 11 is 0. The molecule has 43 heavy (non-hydrogen) atoms. The lowest BCUT2D eigenvalue weighted by molar-refractivity contribution is 0.666. The summed E-state index contributed by atoms with van der Waals surface area (Å²) in [6.45, 7) is 4.75. The van der Waals surface area contributed by atoms with Crippen LogP contribution >= 0.6 is 0 Å². The van der Waals surface area contributed by atoms with Crippen molar-refractivity contribution in [2.45, 2.75) is 19.3 Å². The second-order valence-electron chi connectivity index (χ2n) is 12.2. The second kappa shape index (κ2) is 8.83. The Labute approximate surface area is 250 Å². The molecule has 1 aromatic heterocycles. The van der Waals surface area contributed by atoms with Crippen molar-refractivity contribution >= 4 is 43.2 Å². The number of hydrogen-bond acceptors (Lipinski definition) is 2. The highest BCUT2D eigenvalue weighted by Crippen LogP contribution is 2.55. The van der Waals surface area contributed by atoms with E-state index in [2.05, 4.69) is 135 Å². The van der Waals surface area contributed by atoms with E-state index in [0.29, 0.717) is 0 Å². The van der Waals surface area contributed by atoms with Gasteiger partial charge in [0.25, 0.3) is 0 Å². The lowest BCUT2D eigenvalue weighted by Crippen LogP contribution is -2.15. The zero-order valence-electron chi connectivity index (χ0n) is 24.1. The highest BCUT2D eigenvalue weighted by Gasteiger charge is 2.38. The smallest absolute Gasteiger partial charge is 0.160 e. The molecule has 1 aliphatic rings. The highest BCUT2D eigenvalue weighted by atomic mass is 14.9. The number of aromatic nitrogens is 2. The van der Waals surface area contributed by atoms with Crippen LogP contribution in [0, 0.1) is 0 Å². The molecule has 0 amide bonds. The Hall–Kier alpha value is -5.34. The SMILES string of the molecule is CC1(C)c2ccccc2-c2c1c1ccc3cc(-c4nc(-c5ccccc5)c5ccccc5n4)ccc3c1c1ccccc21. The summed E-state index contributed by atoms with van der Waals surface area (Å²) in [5.41, 5.74) is 9.52. The maximum atomic E-state index is 5.14. The van der Waals surface area contributed by atoms with Crippen molar-refractivity contribution in [3.63, 3.8) is 0 Å². The number of rotatable bonds is 2. The van der Waals surface area contributed by atoms with Crippen molar-refractivity contribution in [3.8, 4) is 33.8 Å².